The third-order valence-corrected chi connectivity index (χ3v) is 8.03. The molecule has 1 aromatic heterocycles. The fourth-order valence-electron chi connectivity index (χ4n) is 6.00. The van der Waals surface area contributed by atoms with Gasteiger partial charge >= 0.3 is 0 Å². The Kier molecular flexibility index (Phi) is 5.82. The van der Waals surface area contributed by atoms with E-state index in [-0.39, 0.29) is 0 Å². The summed E-state index contributed by atoms with van der Waals surface area (Å²) >= 11 is 0. The highest BCUT2D eigenvalue weighted by Gasteiger charge is 2.17. The standard InChI is InChI=1S/C40H27NO/c1-2-15-33(16-3-1)41(38-26-30-11-4-6-17-35(30)36-18-7-8-19-37(36)38)34-23-21-28(22-24-34)29-13-10-14-31(25-29)40-27-32-12-5-9-20-39(32)42-40/h1-27H. The van der Waals surface area contributed by atoms with Gasteiger partial charge in [0, 0.05) is 27.7 Å². The average Bonchev–Trinajstić information content (AvgIpc) is 3.51. The summed E-state index contributed by atoms with van der Waals surface area (Å²) in [5.41, 5.74) is 7.69. The zero-order valence-electron chi connectivity index (χ0n) is 22.9. The van der Waals surface area contributed by atoms with Crippen LogP contribution in [0.1, 0.15) is 0 Å². The molecule has 42 heavy (non-hydrogen) atoms. The molecular formula is C40H27NO. The number of hydrogen-bond acceptors (Lipinski definition) is 2. The van der Waals surface area contributed by atoms with Gasteiger partial charge in [-0.1, -0.05) is 115 Å². The highest BCUT2D eigenvalue weighted by Crippen LogP contribution is 2.42. The number of benzene rings is 7. The molecule has 198 valence electrons. The Morgan fingerprint density at radius 2 is 1.02 bits per heavy atom. The number of hydrogen-bond donors (Lipinski definition) is 0. The van der Waals surface area contributed by atoms with Crippen molar-refractivity contribution in [2.24, 2.45) is 0 Å². The monoisotopic (exact) mass is 537 g/mol. The SMILES string of the molecule is c1ccc(N(c2ccc(-c3cccc(-c4cc5ccccc5o4)c3)cc2)c2cc3ccccc3c3ccccc23)cc1. The maximum absolute atomic E-state index is 6.15. The van der Waals surface area contributed by atoms with E-state index >= 15 is 0 Å². The van der Waals surface area contributed by atoms with Gasteiger partial charge in [0.25, 0.3) is 0 Å². The smallest absolute Gasteiger partial charge is 0.135 e. The van der Waals surface area contributed by atoms with Crippen LogP contribution in [-0.2, 0) is 0 Å². The number of anilines is 3. The number of rotatable bonds is 5. The normalized spacial score (nSPS) is 11.3. The Morgan fingerprint density at radius 1 is 0.381 bits per heavy atom. The molecule has 0 saturated carbocycles. The van der Waals surface area contributed by atoms with Crippen molar-refractivity contribution in [3.8, 4) is 22.5 Å². The first kappa shape index (κ1) is 24.2. The quantitative estimate of drug-likeness (QED) is 0.203. The number of nitrogens with zero attached hydrogens (tertiary/aromatic N) is 1. The van der Waals surface area contributed by atoms with E-state index in [2.05, 4.69) is 150 Å². The summed E-state index contributed by atoms with van der Waals surface area (Å²) in [6, 6.07) is 58.0. The van der Waals surface area contributed by atoms with Gasteiger partial charge in [-0.05, 0) is 75.8 Å². The van der Waals surface area contributed by atoms with E-state index in [1.54, 1.807) is 0 Å². The Morgan fingerprint density at radius 3 is 1.83 bits per heavy atom. The molecule has 0 aliphatic heterocycles. The highest BCUT2D eigenvalue weighted by atomic mass is 16.3. The molecule has 1 heterocycles. The predicted molar refractivity (Wildman–Crippen MR) is 177 cm³/mol. The number of furan rings is 1. The van der Waals surface area contributed by atoms with E-state index in [1.807, 2.05) is 18.2 Å². The number of para-hydroxylation sites is 2. The van der Waals surface area contributed by atoms with Crippen LogP contribution >= 0.6 is 0 Å². The topological polar surface area (TPSA) is 16.4 Å². The Bertz CT molecular complexity index is 2160. The van der Waals surface area contributed by atoms with E-state index in [0.717, 1.165) is 50.5 Å². The fourth-order valence-corrected chi connectivity index (χ4v) is 6.00. The van der Waals surface area contributed by atoms with Gasteiger partial charge in [0.2, 0.25) is 0 Å². The maximum Gasteiger partial charge on any atom is 0.135 e. The second-order valence-corrected chi connectivity index (χ2v) is 10.6. The van der Waals surface area contributed by atoms with Crippen molar-refractivity contribution in [1.82, 2.24) is 0 Å². The summed E-state index contributed by atoms with van der Waals surface area (Å²) in [6.07, 6.45) is 0. The molecular weight excluding hydrogens is 510 g/mol. The second kappa shape index (κ2) is 10.1. The lowest BCUT2D eigenvalue weighted by Crippen LogP contribution is -2.10. The number of fused-ring (bicyclic) bond motifs is 4. The van der Waals surface area contributed by atoms with Crippen LogP contribution in [-0.4, -0.2) is 0 Å². The summed E-state index contributed by atoms with van der Waals surface area (Å²) in [5.74, 6) is 0.883. The van der Waals surface area contributed by atoms with E-state index < -0.39 is 0 Å². The van der Waals surface area contributed by atoms with E-state index in [9.17, 15) is 0 Å². The molecule has 0 bridgehead atoms. The summed E-state index contributed by atoms with van der Waals surface area (Å²) in [5, 5.41) is 6.09. The van der Waals surface area contributed by atoms with Crippen molar-refractivity contribution in [2.75, 3.05) is 4.90 Å². The molecule has 0 spiro atoms. The first-order chi connectivity index (χ1) is 20.8. The minimum atomic E-state index is 0.883. The van der Waals surface area contributed by atoms with Gasteiger partial charge in [0.1, 0.15) is 11.3 Å². The first-order valence-electron chi connectivity index (χ1n) is 14.3. The molecule has 8 aromatic rings. The van der Waals surface area contributed by atoms with E-state index in [0.29, 0.717) is 0 Å². The largest absolute Gasteiger partial charge is 0.456 e. The van der Waals surface area contributed by atoms with Crippen LogP contribution in [0, 0.1) is 0 Å². The van der Waals surface area contributed by atoms with Crippen LogP contribution in [0.25, 0.3) is 55.0 Å². The lowest BCUT2D eigenvalue weighted by Gasteiger charge is -2.27. The lowest BCUT2D eigenvalue weighted by atomic mass is 9.98. The zero-order chi connectivity index (χ0) is 27.9. The summed E-state index contributed by atoms with van der Waals surface area (Å²) in [4.78, 5) is 2.36. The van der Waals surface area contributed by atoms with E-state index in [1.165, 1.54) is 21.5 Å². The summed E-state index contributed by atoms with van der Waals surface area (Å²) in [6.45, 7) is 0. The summed E-state index contributed by atoms with van der Waals surface area (Å²) < 4.78 is 6.15. The molecule has 0 amide bonds. The highest BCUT2D eigenvalue weighted by molar-refractivity contribution is 6.14. The minimum Gasteiger partial charge on any atom is -0.456 e. The van der Waals surface area contributed by atoms with Gasteiger partial charge in [0.05, 0.1) is 5.69 Å². The van der Waals surface area contributed by atoms with Crippen molar-refractivity contribution in [3.05, 3.63) is 164 Å². The first-order valence-corrected chi connectivity index (χ1v) is 14.3. The molecule has 0 aliphatic rings. The van der Waals surface area contributed by atoms with E-state index in [4.69, 9.17) is 4.42 Å². The molecule has 8 rings (SSSR count). The van der Waals surface area contributed by atoms with Crippen LogP contribution in [0.15, 0.2) is 168 Å². The lowest BCUT2D eigenvalue weighted by molar-refractivity contribution is 0.631. The van der Waals surface area contributed by atoms with Gasteiger partial charge in [0.15, 0.2) is 0 Å². The molecule has 2 nitrogen and oxygen atoms in total. The molecule has 0 saturated heterocycles. The summed E-state index contributed by atoms with van der Waals surface area (Å²) in [7, 11) is 0. The molecule has 0 aliphatic carbocycles. The zero-order valence-corrected chi connectivity index (χ0v) is 22.9. The van der Waals surface area contributed by atoms with Crippen LogP contribution in [0.5, 0.6) is 0 Å². The molecule has 0 unspecified atom stereocenters. The van der Waals surface area contributed by atoms with Crippen molar-refractivity contribution >= 4 is 49.6 Å². The van der Waals surface area contributed by atoms with Crippen LogP contribution < -0.4 is 4.90 Å². The molecule has 0 radical (unpaired) electrons. The molecule has 2 heteroatoms. The van der Waals surface area contributed by atoms with Gasteiger partial charge in [-0.15, -0.1) is 0 Å². The Balaban J connectivity index is 1.23. The van der Waals surface area contributed by atoms with Gasteiger partial charge in [-0.25, -0.2) is 0 Å². The third-order valence-electron chi connectivity index (χ3n) is 8.03. The average molecular weight is 538 g/mol. The van der Waals surface area contributed by atoms with Crippen molar-refractivity contribution in [1.29, 1.82) is 0 Å². The Hall–Kier alpha value is -5.60. The van der Waals surface area contributed by atoms with Gasteiger partial charge < -0.3 is 9.32 Å². The second-order valence-electron chi connectivity index (χ2n) is 10.6. The van der Waals surface area contributed by atoms with Crippen LogP contribution in [0.2, 0.25) is 0 Å². The van der Waals surface area contributed by atoms with Crippen molar-refractivity contribution in [3.63, 3.8) is 0 Å². The maximum atomic E-state index is 6.15. The molecule has 0 atom stereocenters. The fraction of sp³-hybridized carbons (Fsp3) is 0. The molecule has 0 N–H and O–H groups in total. The van der Waals surface area contributed by atoms with Gasteiger partial charge in [-0.3, -0.25) is 0 Å². The Labute approximate surface area is 244 Å². The van der Waals surface area contributed by atoms with Crippen LogP contribution in [0.4, 0.5) is 17.1 Å². The third kappa shape index (κ3) is 4.22. The predicted octanol–water partition coefficient (Wildman–Crippen LogP) is 11.5. The van der Waals surface area contributed by atoms with Crippen molar-refractivity contribution in [2.45, 2.75) is 0 Å². The van der Waals surface area contributed by atoms with Gasteiger partial charge in [-0.2, -0.15) is 0 Å². The molecule has 0 fully saturated rings. The molecule has 7 aromatic carbocycles. The van der Waals surface area contributed by atoms with Crippen molar-refractivity contribution < 1.29 is 4.42 Å². The minimum absolute atomic E-state index is 0.883. The van der Waals surface area contributed by atoms with Crippen LogP contribution in [0.3, 0.4) is 0 Å².